The molecule has 42 valence electrons. The Balaban J connectivity index is -0.0000000575. The third-order valence-corrected chi connectivity index (χ3v) is 0.236. The summed E-state index contributed by atoms with van der Waals surface area (Å²) in [6.07, 6.45) is 5.14. The van der Waals surface area contributed by atoms with E-state index in [1.165, 1.54) is 6.08 Å². The third-order valence-electron chi connectivity index (χ3n) is 0.236. The van der Waals surface area contributed by atoms with Gasteiger partial charge in [0.1, 0.15) is 0 Å². The quantitative estimate of drug-likeness (QED) is 0.409. The van der Waals surface area contributed by atoms with Gasteiger partial charge in [0.2, 0.25) is 0 Å². The molecule has 0 radical (unpaired) electrons. The molecule has 0 atom stereocenters. The van der Waals surface area contributed by atoms with Gasteiger partial charge in [-0.15, -0.1) is 6.92 Å². The fourth-order valence-corrected chi connectivity index (χ4v) is 0. The second-order valence-electron chi connectivity index (χ2n) is 0.858. The van der Waals surface area contributed by atoms with E-state index in [0.29, 0.717) is 0 Å². The summed E-state index contributed by atoms with van der Waals surface area (Å²) >= 11 is 0. The predicted octanol–water partition coefficient (Wildman–Crippen LogP) is 2.40. The van der Waals surface area contributed by atoms with Crippen molar-refractivity contribution in [3.05, 3.63) is 38.7 Å². The summed E-state index contributed by atoms with van der Waals surface area (Å²) in [4.78, 5) is 0. The van der Waals surface area contributed by atoms with Crippen molar-refractivity contribution in [3.8, 4) is 0 Å². The Morgan fingerprint density at radius 1 is 1.50 bits per heavy atom. The summed E-state index contributed by atoms with van der Waals surface area (Å²) in [6.45, 7) is 11.9. The van der Waals surface area contributed by atoms with Crippen LogP contribution in [-0.2, 0) is 19.5 Å². The fraction of sp³-hybridized carbons (Fsp3) is 0.143. The van der Waals surface area contributed by atoms with Crippen molar-refractivity contribution in [2.75, 3.05) is 0 Å². The maximum absolute atomic E-state index is 3.42. The Kier molecular flexibility index (Phi) is 56.6. The van der Waals surface area contributed by atoms with E-state index >= 15 is 0 Å². The Labute approximate surface area is 65.4 Å². The molecule has 0 fully saturated rings. The number of allylic oxidation sites excluding steroid dienone is 2. The zero-order chi connectivity index (χ0) is 6.12. The molecule has 0 spiro atoms. The topological polar surface area (TPSA) is 0 Å². The van der Waals surface area contributed by atoms with E-state index in [-0.39, 0.29) is 19.5 Å². The number of rotatable bonds is 1. The first-order valence-electron chi connectivity index (χ1n) is 2.14. The monoisotopic (exact) mass is 160 g/mol. The van der Waals surface area contributed by atoms with Gasteiger partial charge >= 0.3 is 19.5 Å². The van der Waals surface area contributed by atoms with Crippen LogP contribution in [0.4, 0.5) is 0 Å². The second-order valence-corrected chi connectivity index (χ2v) is 0.858. The van der Waals surface area contributed by atoms with Gasteiger partial charge in [-0.25, -0.2) is 38.7 Å². The summed E-state index contributed by atoms with van der Waals surface area (Å²) in [7, 11) is 0. The number of hydrogen-bond donors (Lipinski definition) is 0. The van der Waals surface area contributed by atoms with Crippen molar-refractivity contribution < 1.29 is 19.5 Å². The molecule has 0 saturated carbocycles. The summed E-state index contributed by atoms with van der Waals surface area (Å²) in [5.41, 5.74) is 0. The van der Waals surface area contributed by atoms with Crippen LogP contribution in [0.1, 0.15) is 6.92 Å². The van der Waals surface area contributed by atoms with E-state index in [0.717, 1.165) is 0 Å². The summed E-state index contributed by atoms with van der Waals surface area (Å²) in [6, 6.07) is 0. The largest absolute Gasteiger partial charge is 2.00 e. The zero-order valence-electron chi connectivity index (χ0n) is 5.56. The normalized spacial score (nSPS) is 4.12. The zero-order valence-corrected chi connectivity index (χ0v) is 8.53. The van der Waals surface area contributed by atoms with Gasteiger partial charge in [-0.2, -0.15) is 0 Å². The van der Waals surface area contributed by atoms with Gasteiger partial charge < -0.3 is 0 Å². The fourth-order valence-electron chi connectivity index (χ4n) is 0. The van der Waals surface area contributed by atoms with Crippen LogP contribution >= 0.6 is 0 Å². The van der Waals surface area contributed by atoms with Crippen LogP contribution in [0.25, 0.3) is 0 Å². The standard InChI is InChI=1S/C4H7.C3H5.Zn/c1-3-4-2;1-3-2;/h3-4H,1H2,2H3;3H,1-2H2;/q2*-1;+2. The molecule has 0 heterocycles. The molecule has 0 aromatic heterocycles. The average molecular weight is 162 g/mol. The number of hydrogen-bond acceptors (Lipinski definition) is 0. The Morgan fingerprint density at radius 3 is 1.62 bits per heavy atom. The minimum absolute atomic E-state index is 0. The molecule has 0 unspecified atom stereocenters. The van der Waals surface area contributed by atoms with Crippen LogP contribution in [0.3, 0.4) is 0 Å². The predicted molar refractivity (Wildman–Crippen MR) is 35.7 cm³/mol. The van der Waals surface area contributed by atoms with Crippen molar-refractivity contribution >= 4 is 0 Å². The van der Waals surface area contributed by atoms with Crippen molar-refractivity contribution in [1.82, 2.24) is 0 Å². The van der Waals surface area contributed by atoms with Gasteiger partial charge in [0.25, 0.3) is 0 Å². The van der Waals surface area contributed by atoms with E-state index in [1.807, 2.05) is 13.3 Å². The molecule has 0 saturated heterocycles. The molecule has 0 bridgehead atoms. The van der Waals surface area contributed by atoms with Crippen LogP contribution in [0.15, 0.2) is 25.3 Å². The maximum Gasteiger partial charge on any atom is 2.00 e. The molecule has 0 aliphatic heterocycles. The molecule has 0 nitrogen and oxygen atoms in total. The van der Waals surface area contributed by atoms with Gasteiger partial charge in [-0.3, -0.25) is 0 Å². The van der Waals surface area contributed by atoms with Gasteiger partial charge in [0.05, 0.1) is 0 Å². The molecule has 0 aliphatic rings. The molecule has 0 N–H and O–H groups in total. The smallest absolute Gasteiger partial charge is 0.245 e. The minimum Gasteiger partial charge on any atom is -0.245 e. The van der Waals surface area contributed by atoms with Crippen LogP contribution in [-0.4, -0.2) is 0 Å². The second kappa shape index (κ2) is 28.9. The van der Waals surface area contributed by atoms with E-state index in [4.69, 9.17) is 0 Å². The van der Waals surface area contributed by atoms with Crippen LogP contribution in [0.2, 0.25) is 0 Å². The molecule has 1 heteroatoms. The van der Waals surface area contributed by atoms with Gasteiger partial charge in [0, 0.05) is 0 Å². The van der Waals surface area contributed by atoms with Gasteiger partial charge in [-0.05, 0) is 0 Å². The SMILES string of the molecule is C=C[CH-]C.C=C[CH2-].[Zn+2]. The summed E-state index contributed by atoms with van der Waals surface area (Å²) in [5, 5.41) is 0. The first-order valence-corrected chi connectivity index (χ1v) is 2.14. The third kappa shape index (κ3) is 193. The van der Waals surface area contributed by atoms with Crippen molar-refractivity contribution in [2.45, 2.75) is 6.92 Å². The molecular weight excluding hydrogens is 149 g/mol. The molecule has 0 rings (SSSR count). The maximum atomic E-state index is 3.42. The van der Waals surface area contributed by atoms with E-state index in [9.17, 15) is 0 Å². The molecule has 0 aromatic carbocycles. The first kappa shape index (κ1) is 15.7. The molecule has 0 amide bonds. The Morgan fingerprint density at radius 2 is 1.62 bits per heavy atom. The van der Waals surface area contributed by atoms with Crippen molar-refractivity contribution in [1.29, 1.82) is 0 Å². The molecule has 8 heavy (non-hydrogen) atoms. The molecule has 0 aliphatic carbocycles. The first-order chi connectivity index (χ1) is 3.33. The summed E-state index contributed by atoms with van der Waals surface area (Å²) in [5.74, 6) is 0. The van der Waals surface area contributed by atoms with Crippen LogP contribution in [0.5, 0.6) is 0 Å². The molecule has 0 aromatic rings. The molecular formula is C7H12Zn. The minimum atomic E-state index is 0. The van der Waals surface area contributed by atoms with Crippen molar-refractivity contribution in [2.24, 2.45) is 0 Å². The van der Waals surface area contributed by atoms with Gasteiger partial charge in [0.15, 0.2) is 0 Å². The Hall–Kier alpha value is -0.157. The van der Waals surface area contributed by atoms with Crippen LogP contribution < -0.4 is 0 Å². The van der Waals surface area contributed by atoms with E-state index < -0.39 is 0 Å². The Bertz CT molecular complexity index is 39.7. The van der Waals surface area contributed by atoms with Crippen LogP contribution in [0, 0.1) is 13.3 Å². The average Bonchev–Trinajstić information content (AvgIpc) is 1.69. The van der Waals surface area contributed by atoms with E-state index in [1.54, 1.807) is 6.08 Å². The van der Waals surface area contributed by atoms with Crippen molar-refractivity contribution in [3.63, 3.8) is 0 Å². The van der Waals surface area contributed by atoms with E-state index in [2.05, 4.69) is 20.1 Å². The summed E-state index contributed by atoms with van der Waals surface area (Å²) < 4.78 is 0. The van der Waals surface area contributed by atoms with Gasteiger partial charge in [-0.1, -0.05) is 0 Å².